The summed E-state index contributed by atoms with van der Waals surface area (Å²) in [4.78, 5) is 16.5. The van der Waals surface area contributed by atoms with E-state index in [2.05, 4.69) is 0 Å². The van der Waals surface area contributed by atoms with Gasteiger partial charge in [-0.25, -0.2) is 4.39 Å². The lowest BCUT2D eigenvalue weighted by Gasteiger charge is -2.36. The Morgan fingerprint density at radius 1 is 1.04 bits per heavy atom. The van der Waals surface area contributed by atoms with Crippen molar-refractivity contribution in [1.29, 1.82) is 0 Å². The number of para-hydroxylation sites is 2. The molecule has 0 radical (unpaired) electrons. The second kappa shape index (κ2) is 7.34. The van der Waals surface area contributed by atoms with E-state index in [0.717, 1.165) is 0 Å². The summed E-state index contributed by atoms with van der Waals surface area (Å²) >= 11 is 0. The summed E-state index contributed by atoms with van der Waals surface area (Å²) in [6.45, 7) is 4.77. The zero-order chi connectivity index (χ0) is 16.9. The van der Waals surface area contributed by atoms with E-state index in [0.29, 0.717) is 49.8 Å². The minimum Gasteiger partial charge on any atom is -0.493 e. The number of hydrogen-bond acceptors (Lipinski definition) is 3. The summed E-state index contributed by atoms with van der Waals surface area (Å²) in [6, 6.07) is 14.0. The maximum Gasteiger partial charge on any atom is 0.257 e. The SMILES string of the molecule is CCOc1ccccc1C(=O)N1CCN(c2ccccc2F)CC1. The molecule has 0 aromatic heterocycles. The van der Waals surface area contributed by atoms with E-state index < -0.39 is 0 Å². The maximum absolute atomic E-state index is 13.9. The third-order valence-corrected chi connectivity index (χ3v) is 4.18. The number of nitrogens with zero attached hydrogens (tertiary/aromatic N) is 2. The minimum atomic E-state index is -0.223. The lowest BCUT2D eigenvalue weighted by atomic mass is 10.1. The van der Waals surface area contributed by atoms with Crippen LogP contribution in [0.2, 0.25) is 0 Å². The molecule has 0 saturated carbocycles. The molecule has 1 fully saturated rings. The van der Waals surface area contributed by atoms with Crippen LogP contribution in [-0.2, 0) is 0 Å². The van der Waals surface area contributed by atoms with E-state index in [1.807, 2.05) is 36.1 Å². The first-order valence-corrected chi connectivity index (χ1v) is 8.21. The number of anilines is 1. The van der Waals surface area contributed by atoms with E-state index in [1.54, 1.807) is 23.1 Å². The Hall–Kier alpha value is -2.56. The molecule has 0 aliphatic carbocycles. The maximum atomic E-state index is 13.9. The Morgan fingerprint density at radius 3 is 2.42 bits per heavy atom. The highest BCUT2D eigenvalue weighted by molar-refractivity contribution is 5.97. The van der Waals surface area contributed by atoms with E-state index in [-0.39, 0.29) is 11.7 Å². The average Bonchev–Trinajstić information content (AvgIpc) is 2.63. The number of carbonyl (C=O) groups is 1. The number of hydrogen-bond donors (Lipinski definition) is 0. The van der Waals surface area contributed by atoms with Crippen LogP contribution in [-0.4, -0.2) is 43.6 Å². The van der Waals surface area contributed by atoms with Crippen LogP contribution in [0.5, 0.6) is 5.75 Å². The molecule has 24 heavy (non-hydrogen) atoms. The third-order valence-electron chi connectivity index (χ3n) is 4.18. The topological polar surface area (TPSA) is 32.8 Å². The number of ether oxygens (including phenoxy) is 1. The number of benzene rings is 2. The Labute approximate surface area is 141 Å². The number of halogens is 1. The highest BCUT2D eigenvalue weighted by Crippen LogP contribution is 2.23. The van der Waals surface area contributed by atoms with Crippen molar-refractivity contribution in [2.24, 2.45) is 0 Å². The third kappa shape index (κ3) is 3.35. The number of piperazine rings is 1. The summed E-state index contributed by atoms with van der Waals surface area (Å²) in [5.41, 5.74) is 1.18. The van der Waals surface area contributed by atoms with Crippen LogP contribution in [0.15, 0.2) is 48.5 Å². The van der Waals surface area contributed by atoms with Crippen LogP contribution in [0.25, 0.3) is 0 Å². The molecule has 5 heteroatoms. The molecule has 0 spiro atoms. The van der Waals surface area contributed by atoms with Gasteiger partial charge in [0.1, 0.15) is 11.6 Å². The molecule has 2 aromatic rings. The number of rotatable bonds is 4. The summed E-state index contributed by atoms with van der Waals surface area (Å²) < 4.78 is 19.4. The van der Waals surface area contributed by atoms with E-state index >= 15 is 0 Å². The zero-order valence-corrected chi connectivity index (χ0v) is 13.7. The first-order chi connectivity index (χ1) is 11.7. The van der Waals surface area contributed by atoms with Gasteiger partial charge in [0.25, 0.3) is 5.91 Å². The van der Waals surface area contributed by atoms with E-state index in [9.17, 15) is 9.18 Å². The summed E-state index contributed by atoms with van der Waals surface area (Å²) in [5, 5.41) is 0. The first kappa shape index (κ1) is 16.3. The van der Waals surface area contributed by atoms with Gasteiger partial charge in [-0.2, -0.15) is 0 Å². The quantitative estimate of drug-likeness (QED) is 0.864. The fourth-order valence-electron chi connectivity index (χ4n) is 2.95. The molecule has 1 saturated heterocycles. The van der Waals surface area contributed by atoms with Gasteiger partial charge in [0, 0.05) is 26.2 Å². The van der Waals surface area contributed by atoms with Crippen molar-refractivity contribution in [3.8, 4) is 5.75 Å². The van der Waals surface area contributed by atoms with Gasteiger partial charge in [0.05, 0.1) is 17.9 Å². The molecular formula is C19H21FN2O2. The Morgan fingerprint density at radius 2 is 1.71 bits per heavy atom. The van der Waals surface area contributed by atoms with Crippen LogP contribution in [0.4, 0.5) is 10.1 Å². The van der Waals surface area contributed by atoms with Crippen LogP contribution in [0.3, 0.4) is 0 Å². The number of carbonyl (C=O) groups excluding carboxylic acids is 1. The fraction of sp³-hybridized carbons (Fsp3) is 0.316. The second-order valence-corrected chi connectivity index (χ2v) is 5.66. The molecule has 0 N–H and O–H groups in total. The molecule has 1 amide bonds. The highest BCUT2D eigenvalue weighted by atomic mass is 19.1. The van der Waals surface area contributed by atoms with E-state index in [1.165, 1.54) is 6.07 Å². The Kier molecular flexibility index (Phi) is 4.99. The lowest BCUT2D eigenvalue weighted by molar-refractivity contribution is 0.0742. The highest BCUT2D eigenvalue weighted by Gasteiger charge is 2.25. The molecule has 3 rings (SSSR count). The molecule has 0 unspecified atom stereocenters. The smallest absolute Gasteiger partial charge is 0.257 e. The second-order valence-electron chi connectivity index (χ2n) is 5.66. The standard InChI is InChI=1S/C19H21FN2O2/c1-2-24-18-10-6-3-7-15(18)19(23)22-13-11-21(12-14-22)17-9-5-4-8-16(17)20/h3-10H,2,11-14H2,1H3. The van der Waals surface area contributed by atoms with Gasteiger partial charge in [-0.15, -0.1) is 0 Å². The van der Waals surface area contributed by atoms with Crippen molar-refractivity contribution in [1.82, 2.24) is 4.90 Å². The minimum absolute atomic E-state index is 0.0350. The van der Waals surface area contributed by atoms with Gasteiger partial charge in [0.15, 0.2) is 0 Å². The van der Waals surface area contributed by atoms with Crippen molar-refractivity contribution < 1.29 is 13.9 Å². The first-order valence-electron chi connectivity index (χ1n) is 8.21. The Bertz CT molecular complexity index is 712. The summed E-state index contributed by atoms with van der Waals surface area (Å²) in [6.07, 6.45) is 0. The van der Waals surface area contributed by atoms with Gasteiger partial charge in [-0.05, 0) is 31.2 Å². The zero-order valence-electron chi connectivity index (χ0n) is 13.7. The van der Waals surface area contributed by atoms with Crippen LogP contribution < -0.4 is 9.64 Å². The molecule has 2 aromatic carbocycles. The predicted octanol–water partition coefficient (Wildman–Crippen LogP) is 3.19. The van der Waals surface area contributed by atoms with Gasteiger partial charge in [-0.1, -0.05) is 24.3 Å². The lowest BCUT2D eigenvalue weighted by Crippen LogP contribution is -2.49. The number of amides is 1. The van der Waals surface area contributed by atoms with Gasteiger partial charge in [0.2, 0.25) is 0 Å². The average molecular weight is 328 g/mol. The monoisotopic (exact) mass is 328 g/mol. The van der Waals surface area contributed by atoms with E-state index in [4.69, 9.17) is 4.74 Å². The Balaban J connectivity index is 1.69. The van der Waals surface area contributed by atoms with Gasteiger partial charge < -0.3 is 14.5 Å². The van der Waals surface area contributed by atoms with Crippen LogP contribution >= 0.6 is 0 Å². The molecule has 1 aliphatic rings. The molecule has 4 nitrogen and oxygen atoms in total. The van der Waals surface area contributed by atoms with Crippen molar-refractivity contribution >= 4 is 11.6 Å². The van der Waals surface area contributed by atoms with Crippen molar-refractivity contribution in [2.45, 2.75) is 6.92 Å². The van der Waals surface area contributed by atoms with Gasteiger partial charge in [-0.3, -0.25) is 4.79 Å². The predicted molar refractivity (Wildman–Crippen MR) is 92.1 cm³/mol. The fourth-order valence-corrected chi connectivity index (χ4v) is 2.95. The van der Waals surface area contributed by atoms with Crippen LogP contribution in [0.1, 0.15) is 17.3 Å². The van der Waals surface area contributed by atoms with Crippen molar-refractivity contribution in [3.63, 3.8) is 0 Å². The van der Waals surface area contributed by atoms with Crippen molar-refractivity contribution in [2.75, 3.05) is 37.7 Å². The van der Waals surface area contributed by atoms with Crippen LogP contribution in [0, 0.1) is 5.82 Å². The largest absolute Gasteiger partial charge is 0.493 e. The summed E-state index contributed by atoms with van der Waals surface area (Å²) in [7, 11) is 0. The molecule has 1 aliphatic heterocycles. The molecule has 126 valence electrons. The molecule has 0 atom stereocenters. The van der Waals surface area contributed by atoms with Gasteiger partial charge >= 0.3 is 0 Å². The summed E-state index contributed by atoms with van der Waals surface area (Å²) in [5.74, 6) is 0.354. The molecule has 0 bridgehead atoms. The molecule has 1 heterocycles. The van der Waals surface area contributed by atoms with Crippen molar-refractivity contribution in [3.05, 3.63) is 59.9 Å². The molecular weight excluding hydrogens is 307 g/mol. The normalized spacial score (nSPS) is 14.6.